The van der Waals surface area contributed by atoms with Crippen LogP contribution in [0.1, 0.15) is 22.4 Å². The van der Waals surface area contributed by atoms with Crippen molar-refractivity contribution in [2.45, 2.75) is 13.8 Å². The van der Waals surface area contributed by atoms with E-state index in [-0.39, 0.29) is 0 Å². The first kappa shape index (κ1) is 10.6. The second-order valence-electron chi connectivity index (χ2n) is 4.04. The Morgan fingerprint density at radius 1 is 1.06 bits per heavy atom. The van der Waals surface area contributed by atoms with Crippen LogP contribution >= 0.6 is 0 Å². The number of rotatable bonds is 2. The van der Waals surface area contributed by atoms with Gasteiger partial charge in [0.05, 0.1) is 0 Å². The summed E-state index contributed by atoms with van der Waals surface area (Å²) >= 11 is 0. The van der Waals surface area contributed by atoms with Gasteiger partial charge in [-0.3, -0.25) is 4.98 Å². The number of aryl methyl sites for hydroxylation is 2. The van der Waals surface area contributed by atoms with Crippen LogP contribution in [0.15, 0.2) is 49.2 Å². The highest BCUT2D eigenvalue weighted by molar-refractivity contribution is 5.77. The minimum atomic E-state index is 1.02. The average Bonchev–Trinajstić information content (AvgIpc) is 2.29. The maximum atomic E-state index is 4.29. The molecule has 1 nitrogen and oxygen atoms in total. The van der Waals surface area contributed by atoms with E-state index in [1.165, 1.54) is 5.56 Å². The van der Waals surface area contributed by atoms with Gasteiger partial charge < -0.3 is 0 Å². The van der Waals surface area contributed by atoms with Crippen LogP contribution in [-0.2, 0) is 0 Å². The van der Waals surface area contributed by atoms with Crippen molar-refractivity contribution in [1.29, 1.82) is 0 Å². The first-order valence-corrected chi connectivity index (χ1v) is 5.36. The van der Waals surface area contributed by atoms with Crippen LogP contribution in [0.2, 0.25) is 0 Å². The van der Waals surface area contributed by atoms with Crippen LogP contribution in [-0.4, -0.2) is 4.98 Å². The van der Waals surface area contributed by atoms with Gasteiger partial charge >= 0.3 is 0 Å². The summed E-state index contributed by atoms with van der Waals surface area (Å²) in [4.78, 5) is 4.29. The van der Waals surface area contributed by atoms with Gasteiger partial charge in [0.15, 0.2) is 0 Å². The maximum absolute atomic E-state index is 4.29. The Bertz CT molecular complexity index is 509. The lowest BCUT2D eigenvalue weighted by molar-refractivity contribution is 1.19. The number of nitrogens with zero attached hydrogens (tertiary/aromatic N) is 1. The minimum Gasteiger partial charge on any atom is -0.261 e. The molecule has 0 fully saturated rings. The molecule has 2 aromatic rings. The van der Waals surface area contributed by atoms with Crippen molar-refractivity contribution in [3.63, 3.8) is 0 Å². The standard InChI is InChI=1S/C15H15N/c1-11-5-4-6-14(9-11)13(3)15-8-7-12(2)16-10-15/h4-10H,3H2,1-2H3. The summed E-state index contributed by atoms with van der Waals surface area (Å²) in [5, 5.41) is 0. The van der Waals surface area contributed by atoms with E-state index in [1.54, 1.807) is 0 Å². The van der Waals surface area contributed by atoms with Crippen molar-refractivity contribution in [3.05, 3.63) is 71.6 Å². The third kappa shape index (κ3) is 2.19. The predicted octanol–water partition coefficient (Wildman–Crippen LogP) is 3.76. The number of hydrogen-bond donors (Lipinski definition) is 0. The normalized spacial score (nSPS) is 10.1. The first-order valence-electron chi connectivity index (χ1n) is 5.36. The second-order valence-corrected chi connectivity index (χ2v) is 4.04. The largest absolute Gasteiger partial charge is 0.261 e. The van der Waals surface area contributed by atoms with E-state index in [0.29, 0.717) is 0 Å². The molecular weight excluding hydrogens is 194 g/mol. The molecular formula is C15H15N. The molecule has 1 aromatic heterocycles. The molecule has 80 valence electrons. The van der Waals surface area contributed by atoms with E-state index in [1.807, 2.05) is 19.2 Å². The van der Waals surface area contributed by atoms with Gasteiger partial charge in [-0.25, -0.2) is 0 Å². The van der Waals surface area contributed by atoms with Crippen LogP contribution in [0.3, 0.4) is 0 Å². The van der Waals surface area contributed by atoms with E-state index in [4.69, 9.17) is 0 Å². The molecule has 0 bridgehead atoms. The van der Waals surface area contributed by atoms with Crippen LogP contribution in [0.5, 0.6) is 0 Å². The highest BCUT2D eigenvalue weighted by atomic mass is 14.7. The van der Waals surface area contributed by atoms with Crippen molar-refractivity contribution < 1.29 is 0 Å². The van der Waals surface area contributed by atoms with Gasteiger partial charge in [0, 0.05) is 17.5 Å². The summed E-state index contributed by atoms with van der Waals surface area (Å²) < 4.78 is 0. The molecule has 0 amide bonds. The highest BCUT2D eigenvalue weighted by Crippen LogP contribution is 2.21. The molecule has 0 spiro atoms. The molecule has 0 unspecified atom stereocenters. The van der Waals surface area contributed by atoms with Crippen LogP contribution in [0.25, 0.3) is 5.57 Å². The van der Waals surface area contributed by atoms with Crippen LogP contribution < -0.4 is 0 Å². The van der Waals surface area contributed by atoms with Crippen molar-refractivity contribution in [2.75, 3.05) is 0 Å². The zero-order valence-corrected chi connectivity index (χ0v) is 9.70. The molecule has 1 heteroatoms. The number of pyridine rings is 1. The lowest BCUT2D eigenvalue weighted by atomic mass is 9.99. The fourth-order valence-electron chi connectivity index (χ4n) is 1.65. The van der Waals surface area contributed by atoms with Crippen molar-refractivity contribution >= 4 is 5.57 Å². The number of benzene rings is 1. The Morgan fingerprint density at radius 2 is 1.88 bits per heavy atom. The Morgan fingerprint density at radius 3 is 2.50 bits per heavy atom. The quantitative estimate of drug-likeness (QED) is 0.733. The van der Waals surface area contributed by atoms with E-state index in [9.17, 15) is 0 Å². The van der Waals surface area contributed by atoms with Crippen molar-refractivity contribution in [1.82, 2.24) is 4.98 Å². The third-order valence-corrected chi connectivity index (χ3v) is 2.63. The summed E-state index contributed by atoms with van der Waals surface area (Å²) in [6, 6.07) is 12.4. The van der Waals surface area contributed by atoms with Gasteiger partial charge in [-0.2, -0.15) is 0 Å². The second kappa shape index (κ2) is 4.31. The first-order chi connectivity index (χ1) is 7.66. The lowest BCUT2D eigenvalue weighted by Crippen LogP contribution is -1.89. The molecule has 1 aromatic carbocycles. The zero-order chi connectivity index (χ0) is 11.5. The molecule has 1 heterocycles. The summed E-state index contributed by atoms with van der Waals surface area (Å²) in [5.74, 6) is 0. The molecule has 0 saturated carbocycles. The topological polar surface area (TPSA) is 12.9 Å². The highest BCUT2D eigenvalue weighted by Gasteiger charge is 2.02. The molecule has 0 atom stereocenters. The third-order valence-electron chi connectivity index (χ3n) is 2.63. The van der Waals surface area contributed by atoms with Crippen molar-refractivity contribution in [3.8, 4) is 0 Å². The molecule has 0 saturated heterocycles. The fourth-order valence-corrected chi connectivity index (χ4v) is 1.65. The lowest BCUT2D eigenvalue weighted by Gasteiger charge is -2.07. The molecule has 0 aliphatic rings. The Kier molecular flexibility index (Phi) is 2.86. The van der Waals surface area contributed by atoms with E-state index >= 15 is 0 Å². The van der Waals surface area contributed by atoms with Gasteiger partial charge in [0.2, 0.25) is 0 Å². The fraction of sp³-hybridized carbons (Fsp3) is 0.133. The van der Waals surface area contributed by atoms with Gasteiger partial charge in [-0.05, 0) is 31.1 Å². The molecule has 2 rings (SSSR count). The Balaban J connectivity index is 2.35. The van der Waals surface area contributed by atoms with Crippen LogP contribution in [0, 0.1) is 13.8 Å². The summed E-state index contributed by atoms with van der Waals surface area (Å²) in [5.41, 5.74) is 5.54. The van der Waals surface area contributed by atoms with Gasteiger partial charge in [0.1, 0.15) is 0 Å². The predicted molar refractivity (Wildman–Crippen MR) is 68.3 cm³/mol. The molecule has 16 heavy (non-hydrogen) atoms. The zero-order valence-electron chi connectivity index (χ0n) is 9.70. The van der Waals surface area contributed by atoms with E-state index in [2.05, 4.69) is 48.8 Å². The average molecular weight is 209 g/mol. The van der Waals surface area contributed by atoms with Gasteiger partial charge in [0.25, 0.3) is 0 Å². The van der Waals surface area contributed by atoms with Crippen molar-refractivity contribution in [2.24, 2.45) is 0 Å². The van der Waals surface area contributed by atoms with E-state index in [0.717, 1.165) is 22.4 Å². The number of aromatic nitrogens is 1. The Hall–Kier alpha value is -1.89. The van der Waals surface area contributed by atoms with E-state index < -0.39 is 0 Å². The molecule has 0 aliphatic carbocycles. The van der Waals surface area contributed by atoms with Gasteiger partial charge in [-0.15, -0.1) is 0 Å². The Labute approximate surface area is 96.5 Å². The summed E-state index contributed by atoms with van der Waals surface area (Å²) in [6.07, 6.45) is 1.88. The molecule has 0 N–H and O–H groups in total. The van der Waals surface area contributed by atoms with Gasteiger partial charge in [-0.1, -0.05) is 42.5 Å². The molecule has 0 aliphatic heterocycles. The summed E-state index contributed by atoms with van der Waals surface area (Å²) in [6.45, 7) is 8.20. The summed E-state index contributed by atoms with van der Waals surface area (Å²) in [7, 11) is 0. The molecule has 0 radical (unpaired) electrons. The minimum absolute atomic E-state index is 1.02. The number of hydrogen-bond acceptors (Lipinski definition) is 1. The SMILES string of the molecule is C=C(c1ccc(C)nc1)c1cccc(C)c1. The van der Waals surface area contributed by atoms with Crippen LogP contribution in [0.4, 0.5) is 0 Å². The smallest absolute Gasteiger partial charge is 0.0373 e. The monoisotopic (exact) mass is 209 g/mol. The maximum Gasteiger partial charge on any atom is 0.0373 e.